The maximum Gasteiger partial charge on any atom is 0.210 e. The highest BCUT2D eigenvalue weighted by atomic mass is 19.1. The summed E-state index contributed by atoms with van der Waals surface area (Å²) in [5.74, 6) is -0.844. The first kappa shape index (κ1) is 23.0. The van der Waals surface area contributed by atoms with Gasteiger partial charge in [0, 0.05) is 23.9 Å². The zero-order chi connectivity index (χ0) is 24.5. The Bertz CT molecular complexity index is 1350. The monoisotopic (exact) mass is 482 g/mol. The summed E-state index contributed by atoms with van der Waals surface area (Å²) in [6.45, 7) is 0.450. The van der Waals surface area contributed by atoms with E-state index in [0.29, 0.717) is 29.4 Å². The summed E-state index contributed by atoms with van der Waals surface area (Å²) in [5.41, 5.74) is 8.32. The molecule has 0 spiro atoms. The van der Waals surface area contributed by atoms with Crippen LogP contribution in [-0.4, -0.2) is 45.9 Å². The van der Waals surface area contributed by atoms with E-state index in [-0.39, 0.29) is 24.4 Å². The summed E-state index contributed by atoms with van der Waals surface area (Å²) in [4.78, 5) is 9.12. The maximum atomic E-state index is 14.5. The second-order valence-corrected chi connectivity index (χ2v) is 8.28. The number of hydrogen-bond donors (Lipinski definition) is 2. The Morgan fingerprint density at radius 3 is 2.66 bits per heavy atom. The van der Waals surface area contributed by atoms with Gasteiger partial charge < -0.3 is 25.1 Å². The predicted molar refractivity (Wildman–Crippen MR) is 125 cm³/mol. The third-order valence-electron chi connectivity index (χ3n) is 6.12. The Balaban J connectivity index is 1.46. The smallest absolute Gasteiger partial charge is 0.210 e. The number of nitrogen functional groups attached to an aromatic ring is 1. The lowest BCUT2D eigenvalue weighted by Crippen LogP contribution is -2.28. The zero-order valence-electron chi connectivity index (χ0n) is 18.9. The van der Waals surface area contributed by atoms with Gasteiger partial charge in [0.25, 0.3) is 0 Å². The van der Waals surface area contributed by atoms with Crippen molar-refractivity contribution < 1.29 is 28.1 Å². The Morgan fingerprint density at radius 1 is 1.17 bits per heavy atom. The molecule has 5 rings (SSSR count). The van der Waals surface area contributed by atoms with Gasteiger partial charge in [0.1, 0.15) is 28.6 Å². The molecular formula is C25H24F2N4O4. The first-order valence-corrected chi connectivity index (χ1v) is 11.1. The molecule has 2 aromatic carbocycles. The van der Waals surface area contributed by atoms with E-state index in [1.54, 1.807) is 30.5 Å². The number of aliphatic hydroxyl groups excluding tert-OH is 1. The molecule has 2 aromatic heterocycles. The molecule has 1 aliphatic heterocycles. The molecule has 3 heterocycles. The molecule has 3 N–H and O–H groups in total. The quantitative estimate of drug-likeness (QED) is 0.422. The number of imidazole rings is 1. The van der Waals surface area contributed by atoms with Crippen LogP contribution >= 0.6 is 0 Å². The molecule has 182 valence electrons. The molecule has 1 fully saturated rings. The molecule has 0 bridgehead atoms. The van der Waals surface area contributed by atoms with Crippen LogP contribution in [0.2, 0.25) is 0 Å². The third-order valence-corrected chi connectivity index (χ3v) is 6.12. The van der Waals surface area contributed by atoms with Crippen molar-refractivity contribution in [2.24, 2.45) is 0 Å². The van der Waals surface area contributed by atoms with Gasteiger partial charge in [0.2, 0.25) is 5.82 Å². The molecule has 35 heavy (non-hydrogen) atoms. The number of aromatic nitrogens is 3. The van der Waals surface area contributed by atoms with Crippen molar-refractivity contribution in [3.8, 4) is 28.5 Å². The Hall–Kier alpha value is -3.76. The number of nitrogens with zero attached hydrogens (tertiary/aromatic N) is 3. The number of hydrogen-bond acceptors (Lipinski definition) is 7. The van der Waals surface area contributed by atoms with Crippen molar-refractivity contribution in [1.82, 2.24) is 14.4 Å². The van der Waals surface area contributed by atoms with Gasteiger partial charge in [-0.05, 0) is 49.2 Å². The van der Waals surface area contributed by atoms with E-state index in [0.717, 1.165) is 30.3 Å². The van der Waals surface area contributed by atoms with Crippen molar-refractivity contribution in [3.63, 3.8) is 0 Å². The second kappa shape index (κ2) is 9.47. The molecule has 2 atom stereocenters. The van der Waals surface area contributed by atoms with Crippen LogP contribution in [0, 0.1) is 11.6 Å². The average molecular weight is 482 g/mol. The SMILES string of the molecule is COc1c(F)ccc(Oc2ccc(-c3nc(C4CCC(CO)OC4)n4ccnc(N)c34)cc2)c1F. The number of ether oxygens (including phenoxy) is 3. The second-order valence-electron chi connectivity index (χ2n) is 8.28. The van der Waals surface area contributed by atoms with Gasteiger partial charge in [0.05, 0.1) is 26.4 Å². The number of nitrogens with two attached hydrogens (primary N) is 1. The first-order chi connectivity index (χ1) is 17.0. The van der Waals surface area contributed by atoms with Crippen molar-refractivity contribution in [1.29, 1.82) is 0 Å². The fourth-order valence-corrected chi connectivity index (χ4v) is 4.32. The van der Waals surface area contributed by atoms with Crippen molar-refractivity contribution in [2.45, 2.75) is 24.9 Å². The minimum atomic E-state index is -0.918. The number of halogens is 2. The van der Waals surface area contributed by atoms with Crippen LogP contribution in [-0.2, 0) is 4.74 Å². The fraction of sp³-hybridized carbons (Fsp3) is 0.280. The zero-order valence-corrected chi connectivity index (χ0v) is 18.9. The molecule has 0 amide bonds. The minimum Gasteiger partial charge on any atom is -0.491 e. The average Bonchev–Trinajstić information content (AvgIpc) is 3.28. The van der Waals surface area contributed by atoms with E-state index in [2.05, 4.69) is 4.98 Å². The molecule has 2 unspecified atom stereocenters. The summed E-state index contributed by atoms with van der Waals surface area (Å²) in [5, 5.41) is 9.35. The van der Waals surface area contributed by atoms with Crippen LogP contribution < -0.4 is 15.2 Å². The number of methoxy groups -OCH3 is 1. The highest BCUT2D eigenvalue weighted by molar-refractivity contribution is 5.85. The minimum absolute atomic E-state index is 0.000190. The van der Waals surface area contributed by atoms with Gasteiger partial charge in [-0.15, -0.1) is 0 Å². The molecule has 1 saturated heterocycles. The molecule has 8 nitrogen and oxygen atoms in total. The molecule has 10 heteroatoms. The lowest BCUT2D eigenvalue weighted by Gasteiger charge is -2.27. The summed E-state index contributed by atoms with van der Waals surface area (Å²) in [7, 11) is 1.19. The van der Waals surface area contributed by atoms with Crippen molar-refractivity contribution in [3.05, 3.63) is 66.3 Å². The van der Waals surface area contributed by atoms with E-state index in [9.17, 15) is 13.9 Å². The lowest BCUT2D eigenvalue weighted by molar-refractivity contribution is -0.0282. The van der Waals surface area contributed by atoms with Gasteiger partial charge in [-0.3, -0.25) is 4.40 Å². The fourth-order valence-electron chi connectivity index (χ4n) is 4.32. The van der Waals surface area contributed by atoms with E-state index >= 15 is 0 Å². The number of rotatable bonds is 6. The van der Waals surface area contributed by atoms with Crippen LogP contribution in [0.15, 0.2) is 48.8 Å². The molecule has 0 radical (unpaired) electrons. The molecular weight excluding hydrogens is 458 g/mol. The summed E-state index contributed by atoms with van der Waals surface area (Å²) >= 11 is 0. The van der Waals surface area contributed by atoms with Crippen molar-refractivity contribution in [2.75, 3.05) is 26.1 Å². The van der Waals surface area contributed by atoms with Gasteiger partial charge >= 0.3 is 0 Å². The normalized spacial score (nSPS) is 18.1. The lowest BCUT2D eigenvalue weighted by atomic mass is 9.98. The Labute approximate surface area is 199 Å². The molecule has 0 aliphatic carbocycles. The summed E-state index contributed by atoms with van der Waals surface area (Å²) in [6.07, 6.45) is 4.86. The third kappa shape index (κ3) is 4.26. The van der Waals surface area contributed by atoms with E-state index in [1.807, 2.05) is 10.6 Å². The van der Waals surface area contributed by atoms with Crippen molar-refractivity contribution >= 4 is 11.3 Å². The predicted octanol–water partition coefficient (Wildman–Crippen LogP) is 4.31. The first-order valence-electron chi connectivity index (χ1n) is 11.1. The van der Waals surface area contributed by atoms with E-state index in [4.69, 9.17) is 24.9 Å². The van der Waals surface area contributed by atoms with Crippen LogP contribution in [0.4, 0.5) is 14.6 Å². The van der Waals surface area contributed by atoms with Crippen LogP contribution in [0.5, 0.6) is 17.2 Å². The highest BCUT2D eigenvalue weighted by Gasteiger charge is 2.28. The van der Waals surface area contributed by atoms with Crippen LogP contribution in [0.3, 0.4) is 0 Å². The highest BCUT2D eigenvalue weighted by Crippen LogP contribution is 2.36. The van der Waals surface area contributed by atoms with E-state index in [1.165, 1.54) is 13.2 Å². The van der Waals surface area contributed by atoms with Gasteiger partial charge in [-0.2, -0.15) is 4.39 Å². The maximum absolute atomic E-state index is 14.5. The molecule has 4 aromatic rings. The van der Waals surface area contributed by atoms with Gasteiger partial charge in [-0.25, -0.2) is 14.4 Å². The topological polar surface area (TPSA) is 104 Å². The summed E-state index contributed by atoms with van der Waals surface area (Å²) in [6, 6.07) is 9.18. The molecule has 0 saturated carbocycles. The van der Waals surface area contributed by atoms with Gasteiger partial charge in [0.15, 0.2) is 17.3 Å². The van der Waals surface area contributed by atoms with Crippen LogP contribution in [0.25, 0.3) is 16.8 Å². The largest absolute Gasteiger partial charge is 0.491 e. The number of benzene rings is 2. The van der Waals surface area contributed by atoms with Crippen LogP contribution in [0.1, 0.15) is 24.6 Å². The Kier molecular flexibility index (Phi) is 6.23. The summed E-state index contributed by atoms with van der Waals surface area (Å²) < 4.78 is 46.2. The standard InChI is InChI=1S/C25H24F2N4O4/c1-33-23-18(26)8-9-19(20(23)27)35-16-5-2-14(3-6-16)21-22-24(28)29-10-11-31(22)25(30-21)15-4-7-17(12-32)34-13-15/h2-3,5-6,8-11,15,17,32H,4,7,12-13H2,1H3,(H2,28,29). The van der Waals surface area contributed by atoms with E-state index < -0.39 is 17.4 Å². The molecule has 1 aliphatic rings. The number of fused-ring (bicyclic) bond motifs is 1. The number of anilines is 1. The van der Waals surface area contributed by atoms with Gasteiger partial charge in [-0.1, -0.05) is 0 Å². The Morgan fingerprint density at radius 2 is 1.97 bits per heavy atom. The number of aliphatic hydroxyl groups is 1.